The first-order valence-corrected chi connectivity index (χ1v) is 13.8. The summed E-state index contributed by atoms with van der Waals surface area (Å²) in [6, 6.07) is 0. The van der Waals surface area contributed by atoms with E-state index in [9.17, 15) is 19.8 Å². The zero-order valence-corrected chi connectivity index (χ0v) is 23.0. The summed E-state index contributed by atoms with van der Waals surface area (Å²) in [6.07, 6.45) is 3.52. The molecule has 1 aliphatic heterocycles. The molecule has 0 aromatic heterocycles. The number of epoxide rings is 1. The molecule has 196 valence electrons. The van der Waals surface area contributed by atoms with Crippen molar-refractivity contribution in [3.63, 3.8) is 0 Å². The molecule has 0 aromatic carbocycles. The van der Waals surface area contributed by atoms with E-state index in [2.05, 4.69) is 41.5 Å². The fraction of sp³-hybridized carbons (Fsp3) is 0.867. The lowest BCUT2D eigenvalue weighted by Gasteiger charge is -2.68. The number of Topliss-reactive ketones (excluding diaryl/α,β-unsaturated/α-hetero) is 2. The van der Waals surface area contributed by atoms with Crippen molar-refractivity contribution < 1.29 is 24.5 Å². The van der Waals surface area contributed by atoms with Crippen molar-refractivity contribution in [1.29, 1.82) is 0 Å². The second-order valence-electron chi connectivity index (χ2n) is 14.6. The lowest BCUT2D eigenvalue weighted by atomic mass is 9.36. The number of hydrogen-bond acceptors (Lipinski definition) is 5. The van der Waals surface area contributed by atoms with E-state index in [4.69, 9.17) is 4.74 Å². The molecular weight excluding hydrogens is 440 g/mol. The van der Waals surface area contributed by atoms with Crippen molar-refractivity contribution in [2.45, 2.75) is 124 Å². The fourth-order valence-electron chi connectivity index (χ4n) is 9.98. The van der Waals surface area contributed by atoms with Gasteiger partial charge in [-0.05, 0) is 80.1 Å². The highest BCUT2D eigenvalue weighted by molar-refractivity contribution is 6.00. The molecule has 0 spiro atoms. The van der Waals surface area contributed by atoms with Gasteiger partial charge in [-0.3, -0.25) is 9.59 Å². The van der Waals surface area contributed by atoms with Crippen molar-refractivity contribution in [3.05, 3.63) is 11.1 Å². The summed E-state index contributed by atoms with van der Waals surface area (Å²) >= 11 is 0. The third kappa shape index (κ3) is 3.29. The second-order valence-corrected chi connectivity index (χ2v) is 14.6. The van der Waals surface area contributed by atoms with Gasteiger partial charge in [0.2, 0.25) is 0 Å². The summed E-state index contributed by atoms with van der Waals surface area (Å²) in [7, 11) is 0. The van der Waals surface area contributed by atoms with Crippen LogP contribution in [0.2, 0.25) is 0 Å². The number of fused-ring (bicyclic) bond motifs is 5. The number of aliphatic hydroxyl groups excluding tert-OH is 2. The summed E-state index contributed by atoms with van der Waals surface area (Å²) in [4.78, 5) is 26.5. The van der Waals surface area contributed by atoms with Gasteiger partial charge in [-0.15, -0.1) is 0 Å². The first-order valence-electron chi connectivity index (χ1n) is 13.8. The largest absolute Gasteiger partial charge is 0.392 e. The molecule has 2 N–H and O–H groups in total. The molecule has 4 fully saturated rings. The van der Waals surface area contributed by atoms with Crippen LogP contribution in [0.25, 0.3) is 0 Å². The molecule has 3 saturated carbocycles. The quantitative estimate of drug-likeness (QED) is 0.545. The smallest absolute Gasteiger partial charge is 0.160 e. The van der Waals surface area contributed by atoms with Gasteiger partial charge >= 0.3 is 0 Å². The maximum Gasteiger partial charge on any atom is 0.160 e. The number of hydrogen-bond donors (Lipinski definition) is 2. The van der Waals surface area contributed by atoms with E-state index < -0.39 is 12.2 Å². The van der Waals surface area contributed by atoms with Gasteiger partial charge in [0.25, 0.3) is 0 Å². The minimum atomic E-state index is -0.596. The molecule has 5 nitrogen and oxygen atoms in total. The number of carbonyl (C=O) groups excluding carboxylic acids is 2. The molecule has 0 aromatic rings. The molecule has 35 heavy (non-hydrogen) atoms. The van der Waals surface area contributed by atoms with Crippen molar-refractivity contribution in [1.82, 2.24) is 0 Å². The molecule has 1 heterocycles. The van der Waals surface area contributed by atoms with E-state index in [1.54, 1.807) is 0 Å². The molecule has 0 radical (unpaired) electrons. The Morgan fingerprint density at radius 1 is 1.06 bits per heavy atom. The van der Waals surface area contributed by atoms with Gasteiger partial charge in [-0.2, -0.15) is 0 Å². The van der Waals surface area contributed by atoms with Gasteiger partial charge in [-0.25, -0.2) is 0 Å². The normalized spacial score (nSPS) is 47.6. The van der Waals surface area contributed by atoms with E-state index in [1.807, 2.05) is 13.8 Å². The van der Waals surface area contributed by atoms with Crippen LogP contribution in [0.1, 0.15) is 100 Å². The lowest BCUT2D eigenvalue weighted by molar-refractivity contribution is -0.208. The van der Waals surface area contributed by atoms with Crippen LogP contribution in [0.3, 0.4) is 0 Å². The van der Waals surface area contributed by atoms with Crippen LogP contribution in [0, 0.1) is 39.4 Å². The Morgan fingerprint density at radius 3 is 2.29 bits per heavy atom. The predicted molar refractivity (Wildman–Crippen MR) is 135 cm³/mol. The van der Waals surface area contributed by atoms with Gasteiger partial charge < -0.3 is 14.9 Å². The van der Waals surface area contributed by atoms with Crippen LogP contribution < -0.4 is 0 Å². The molecular formula is C30H46O5. The molecule has 0 unspecified atom stereocenters. The van der Waals surface area contributed by atoms with E-state index in [-0.39, 0.29) is 56.9 Å². The maximum absolute atomic E-state index is 13.6. The summed E-state index contributed by atoms with van der Waals surface area (Å²) in [5.41, 5.74) is 0.700. The Kier molecular flexibility index (Phi) is 5.49. The Balaban J connectivity index is 1.51. The zero-order valence-electron chi connectivity index (χ0n) is 23.0. The molecule has 5 rings (SSSR count). The average molecular weight is 487 g/mol. The number of ketones is 2. The maximum atomic E-state index is 13.6. The molecule has 9 atom stereocenters. The van der Waals surface area contributed by atoms with Gasteiger partial charge in [0.15, 0.2) is 5.78 Å². The number of carbonyl (C=O) groups is 2. The van der Waals surface area contributed by atoms with Crippen LogP contribution in [-0.4, -0.2) is 45.7 Å². The number of aliphatic hydroxyl groups is 2. The third-order valence-corrected chi connectivity index (χ3v) is 12.0. The monoisotopic (exact) mass is 486 g/mol. The van der Waals surface area contributed by atoms with Gasteiger partial charge in [0.05, 0.1) is 17.8 Å². The van der Waals surface area contributed by atoms with Crippen LogP contribution in [-0.2, 0) is 14.3 Å². The molecule has 4 aliphatic carbocycles. The van der Waals surface area contributed by atoms with Crippen molar-refractivity contribution >= 4 is 11.6 Å². The van der Waals surface area contributed by atoms with Crippen LogP contribution in [0.15, 0.2) is 11.1 Å². The summed E-state index contributed by atoms with van der Waals surface area (Å²) in [5, 5.41) is 22.6. The SMILES string of the molecule is C[C@H](C[C@H](O)[C@H]1OC1(C)C)C1=C2C[C@H](O)[C@@H]3[C@@]4(C)CCC(=O)C(C)(C)[C@@H]4CC[C@]3(C)[C@@]2(C)CC1=O. The van der Waals surface area contributed by atoms with Crippen LogP contribution in [0.5, 0.6) is 0 Å². The first kappa shape index (κ1) is 25.6. The highest BCUT2D eigenvalue weighted by atomic mass is 16.6. The van der Waals surface area contributed by atoms with Gasteiger partial charge in [0.1, 0.15) is 11.9 Å². The molecule has 5 heteroatoms. The summed E-state index contributed by atoms with van der Waals surface area (Å²) < 4.78 is 5.66. The van der Waals surface area contributed by atoms with Crippen molar-refractivity contribution in [2.24, 2.45) is 39.4 Å². The minimum absolute atomic E-state index is 0.0589. The van der Waals surface area contributed by atoms with Gasteiger partial charge in [-0.1, -0.05) is 47.1 Å². The Bertz CT molecular complexity index is 993. The standard InChI is InChI=1S/C30H46O5/c1-16(13-19(32)25-27(4,5)35-25)23-17-14-18(31)24-28(6)11-10-22(34)26(2,3)21(28)9-12-29(24,7)30(17,8)15-20(23)33/h16,18-19,21,24-25,31-32H,9-15H2,1-8H3/t16-,18+,19+,21+,24-,25-,28+,29+,30+/m1/s1. The van der Waals surface area contributed by atoms with Crippen LogP contribution in [0.4, 0.5) is 0 Å². The number of allylic oxidation sites excluding steroid dienone is 1. The molecule has 1 saturated heterocycles. The van der Waals surface area contributed by atoms with E-state index in [0.29, 0.717) is 31.5 Å². The lowest BCUT2D eigenvalue weighted by Crippen LogP contribution is -2.65. The Morgan fingerprint density at radius 2 is 1.69 bits per heavy atom. The summed E-state index contributed by atoms with van der Waals surface area (Å²) in [6.45, 7) is 17.2. The molecule has 0 amide bonds. The highest BCUT2D eigenvalue weighted by Gasteiger charge is 2.70. The van der Waals surface area contributed by atoms with Gasteiger partial charge in [0, 0.05) is 23.7 Å². The molecule has 0 bridgehead atoms. The van der Waals surface area contributed by atoms with E-state index in [0.717, 1.165) is 30.4 Å². The minimum Gasteiger partial charge on any atom is -0.392 e. The second kappa shape index (κ2) is 7.51. The van der Waals surface area contributed by atoms with Crippen LogP contribution >= 0.6 is 0 Å². The Hall–Kier alpha value is -1.04. The Labute approximate surface area is 211 Å². The van der Waals surface area contributed by atoms with E-state index >= 15 is 0 Å². The average Bonchev–Trinajstić information content (AvgIpc) is 3.28. The number of ether oxygens (including phenoxy) is 1. The molecule has 5 aliphatic rings. The zero-order chi connectivity index (χ0) is 25.9. The summed E-state index contributed by atoms with van der Waals surface area (Å²) in [5.74, 6) is 0.793. The predicted octanol–water partition coefficient (Wildman–Crippen LogP) is 5.02. The highest BCUT2D eigenvalue weighted by Crippen LogP contribution is 2.73. The number of rotatable bonds is 4. The van der Waals surface area contributed by atoms with Crippen molar-refractivity contribution in [3.8, 4) is 0 Å². The van der Waals surface area contributed by atoms with E-state index in [1.165, 1.54) is 0 Å². The fourth-order valence-corrected chi connectivity index (χ4v) is 9.98. The first-order chi connectivity index (χ1) is 16.0. The third-order valence-electron chi connectivity index (χ3n) is 12.0. The van der Waals surface area contributed by atoms with Crippen molar-refractivity contribution in [2.75, 3.05) is 0 Å². The topological polar surface area (TPSA) is 87.1 Å².